The van der Waals surface area contributed by atoms with Gasteiger partial charge in [-0.3, -0.25) is 4.79 Å². The van der Waals surface area contributed by atoms with E-state index in [-0.39, 0.29) is 5.91 Å². The SMILES string of the molecule is O=C(c1ccc(NCc2ccco2)nn1)N1CCC2(CC1)OCCO2. The maximum absolute atomic E-state index is 12.6. The first-order valence-electron chi connectivity index (χ1n) is 8.41. The number of furan rings is 1. The van der Waals surface area contributed by atoms with Crippen molar-refractivity contribution >= 4 is 11.7 Å². The summed E-state index contributed by atoms with van der Waals surface area (Å²) in [5.41, 5.74) is 0.341. The molecule has 2 saturated heterocycles. The first-order valence-corrected chi connectivity index (χ1v) is 8.41. The number of aromatic nitrogens is 2. The molecule has 1 spiro atoms. The number of ether oxygens (including phenoxy) is 2. The van der Waals surface area contributed by atoms with Crippen molar-refractivity contribution in [2.24, 2.45) is 0 Å². The van der Waals surface area contributed by atoms with Crippen LogP contribution in [0, 0.1) is 0 Å². The molecule has 2 fully saturated rings. The minimum atomic E-state index is -0.484. The fourth-order valence-electron chi connectivity index (χ4n) is 3.13. The highest BCUT2D eigenvalue weighted by Crippen LogP contribution is 2.31. The molecular weight excluding hydrogens is 324 g/mol. The summed E-state index contributed by atoms with van der Waals surface area (Å²) in [5, 5.41) is 11.2. The highest BCUT2D eigenvalue weighted by atomic mass is 16.7. The number of nitrogens with one attached hydrogen (secondary N) is 1. The fourth-order valence-corrected chi connectivity index (χ4v) is 3.13. The van der Waals surface area contributed by atoms with Crippen LogP contribution in [0.5, 0.6) is 0 Å². The Bertz CT molecular complexity index is 701. The second-order valence-electron chi connectivity index (χ2n) is 6.14. The number of nitrogens with zero attached hydrogens (tertiary/aromatic N) is 3. The van der Waals surface area contributed by atoms with E-state index in [4.69, 9.17) is 13.9 Å². The highest BCUT2D eigenvalue weighted by molar-refractivity contribution is 5.92. The zero-order valence-electron chi connectivity index (χ0n) is 13.8. The van der Waals surface area contributed by atoms with Gasteiger partial charge < -0.3 is 24.1 Å². The van der Waals surface area contributed by atoms with Gasteiger partial charge in [-0.15, -0.1) is 10.2 Å². The lowest BCUT2D eigenvalue weighted by atomic mass is 10.0. The number of rotatable bonds is 4. The van der Waals surface area contributed by atoms with Gasteiger partial charge in [0, 0.05) is 25.9 Å². The Morgan fingerprint density at radius 3 is 2.60 bits per heavy atom. The van der Waals surface area contributed by atoms with Crippen LogP contribution < -0.4 is 5.32 Å². The Hall–Kier alpha value is -2.45. The van der Waals surface area contributed by atoms with Gasteiger partial charge in [-0.2, -0.15) is 0 Å². The van der Waals surface area contributed by atoms with Crippen LogP contribution in [0.4, 0.5) is 5.82 Å². The van der Waals surface area contributed by atoms with Crippen LogP contribution in [0.1, 0.15) is 29.1 Å². The number of likely N-dealkylation sites (tertiary alicyclic amines) is 1. The van der Waals surface area contributed by atoms with Crippen molar-refractivity contribution in [3.05, 3.63) is 42.0 Å². The van der Waals surface area contributed by atoms with E-state index >= 15 is 0 Å². The molecule has 0 radical (unpaired) electrons. The highest BCUT2D eigenvalue weighted by Gasteiger charge is 2.41. The van der Waals surface area contributed by atoms with Gasteiger partial charge in [0.25, 0.3) is 5.91 Å². The van der Waals surface area contributed by atoms with Crippen molar-refractivity contribution in [1.82, 2.24) is 15.1 Å². The van der Waals surface area contributed by atoms with E-state index in [1.54, 1.807) is 23.3 Å². The third kappa shape index (κ3) is 3.49. The minimum absolute atomic E-state index is 0.113. The molecule has 132 valence electrons. The third-order valence-electron chi connectivity index (χ3n) is 4.53. The smallest absolute Gasteiger partial charge is 0.274 e. The molecule has 0 aliphatic carbocycles. The predicted octanol–water partition coefficient (Wildman–Crippen LogP) is 1.66. The second kappa shape index (κ2) is 6.81. The lowest BCUT2D eigenvalue weighted by molar-refractivity contribution is -0.181. The molecule has 0 bridgehead atoms. The van der Waals surface area contributed by atoms with Crippen molar-refractivity contribution in [2.75, 3.05) is 31.6 Å². The Labute approximate surface area is 145 Å². The molecule has 8 heteroatoms. The maximum atomic E-state index is 12.6. The summed E-state index contributed by atoms with van der Waals surface area (Å²) in [4.78, 5) is 14.3. The molecule has 8 nitrogen and oxygen atoms in total. The number of carbonyl (C=O) groups is 1. The standard InChI is InChI=1S/C17H20N4O4/c22-16(21-7-5-17(6-8-21)24-10-11-25-17)14-3-4-15(20-19-14)18-12-13-2-1-9-23-13/h1-4,9H,5-8,10-12H2,(H,18,20). The summed E-state index contributed by atoms with van der Waals surface area (Å²) in [6, 6.07) is 7.14. The molecule has 2 aromatic rings. The fraction of sp³-hybridized carbons (Fsp3) is 0.471. The van der Waals surface area contributed by atoms with E-state index in [0.29, 0.717) is 57.2 Å². The summed E-state index contributed by atoms with van der Waals surface area (Å²) in [6.45, 7) is 2.97. The summed E-state index contributed by atoms with van der Waals surface area (Å²) in [7, 11) is 0. The number of hydrogen-bond donors (Lipinski definition) is 1. The Morgan fingerprint density at radius 2 is 1.96 bits per heavy atom. The zero-order valence-corrected chi connectivity index (χ0v) is 13.8. The number of hydrogen-bond acceptors (Lipinski definition) is 7. The van der Waals surface area contributed by atoms with Crippen LogP contribution in [-0.4, -0.2) is 53.1 Å². The minimum Gasteiger partial charge on any atom is -0.467 e. The summed E-state index contributed by atoms with van der Waals surface area (Å²) in [6.07, 6.45) is 3.00. The average molecular weight is 344 g/mol. The van der Waals surface area contributed by atoms with Crippen LogP contribution in [0.25, 0.3) is 0 Å². The molecule has 2 aromatic heterocycles. The van der Waals surface area contributed by atoms with E-state index in [1.165, 1.54) is 0 Å². The van der Waals surface area contributed by atoms with Gasteiger partial charge in [0.05, 0.1) is 26.0 Å². The van der Waals surface area contributed by atoms with Gasteiger partial charge in [0.1, 0.15) is 11.6 Å². The molecule has 1 N–H and O–H groups in total. The molecule has 2 aliphatic heterocycles. The van der Waals surface area contributed by atoms with Crippen LogP contribution in [-0.2, 0) is 16.0 Å². The van der Waals surface area contributed by atoms with Gasteiger partial charge in [-0.05, 0) is 24.3 Å². The van der Waals surface area contributed by atoms with Crippen molar-refractivity contribution in [3.63, 3.8) is 0 Å². The molecule has 0 aromatic carbocycles. The summed E-state index contributed by atoms with van der Waals surface area (Å²) >= 11 is 0. The molecule has 0 atom stereocenters. The first-order chi connectivity index (χ1) is 12.2. The van der Waals surface area contributed by atoms with Crippen LogP contribution in [0.3, 0.4) is 0 Å². The van der Waals surface area contributed by atoms with E-state index in [0.717, 1.165) is 5.76 Å². The summed E-state index contributed by atoms with van der Waals surface area (Å²) < 4.78 is 16.6. The van der Waals surface area contributed by atoms with Gasteiger partial charge >= 0.3 is 0 Å². The molecule has 4 rings (SSSR count). The van der Waals surface area contributed by atoms with E-state index < -0.39 is 5.79 Å². The number of carbonyl (C=O) groups excluding carboxylic acids is 1. The van der Waals surface area contributed by atoms with Crippen molar-refractivity contribution in [2.45, 2.75) is 25.2 Å². The number of piperidine rings is 1. The van der Waals surface area contributed by atoms with Crippen LogP contribution in [0.15, 0.2) is 34.9 Å². The van der Waals surface area contributed by atoms with Gasteiger partial charge in [-0.1, -0.05) is 0 Å². The van der Waals surface area contributed by atoms with Crippen molar-refractivity contribution in [3.8, 4) is 0 Å². The Morgan fingerprint density at radius 1 is 1.16 bits per heavy atom. The Balaban J connectivity index is 1.33. The van der Waals surface area contributed by atoms with Gasteiger partial charge in [-0.25, -0.2) is 0 Å². The van der Waals surface area contributed by atoms with Crippen LogP contribution >= 0.6 is 0 Å². The van der Waals surface area contributed by atoms with E-state index in [2.05, 4.69) is 15.5 Å². The third-order valence-corrected chi connectivity index (χ3v) is 4.53. The molecule has 1 amide bonds. The lowest BCUT2D eigenvalue weighted by Gasteiger charge is -2.37. The zero-order chi connectivity index (χ0) is 17.1. The maximum Gasteiger partial charge on any atom is 0.274 e. The molecule has 0 saturated carbocycles. The first kappa shape index (κ1) is 16.0. The van der Waals surface area contributed by atoms with Crippen LogP contribution in [0.2, 0.25) is 0 Å². The van der Waals surface area contributed by atoms with Gasteiger partial charge in [0.2, 0.25) is 0 Å². The van der Waals surface area contributed by atoms with Gasteiger partial charge in [0.15, 0.2) is 11.5 Å². The topological polar surface area (TPSA) is 89.7 Å². The molecule has 4 heterocycles. The second-order valence-corrected chi connectivity index (χ2v) is 6.14. The monoisotopic (exact) mass is 344 g/mol. The summed E-state index contributed by atoms with van der Waals surface area (Å²) in [5.74, 6) is 0.805. The molecule has 2 aliphatic rings. The predicted molar refractivity (Wildman–Crippen MR) is 87.8 cm³/mol. The van der Waals surface area contributed by atoms with E-state index in [9.17, 15) is 4.79 Å². The largest absolute Gasteiger partial charge is 0.467 e. The van der Waals surface area contributed by atoms with Crippen molar-refractivity contribution < 1.29 is 18.7 Å². The normalized spacial score (nSPS) is 19.3. The quantitative estimate of drug-likeness (QED) is 0.902. The number of anilines is 1. The van der Waals surface area contributed by atoms with E-state index in [1.807, 2.05) is 12.1 Å². The Kier molecular flexibility index (Phi) is 4.37. The molecule has 25 heavy (non-hydrogen) atoms. The lowest BCUT2D eigenvalue weighted by Crippen LogP contribution is -2.47. The average Bonchev–Trinajstić information content (AvgIpc) is 3.33. The number of amides is 1. The molecular formula is C17H20N4O4. The molecule has 0 unspecified atom stereocenters. The van der Waals surface area contributed by atoms with Crippen molar-refractivity contribution in [1.29, 1.82) is 0 Å².